The molecular formula is C13H15N3O3. The van der Waals surface area contributed by atoms with Crippen LogP contribution in [0.4, 0.5) is 0 Å². The summed E-state index contributed by atoms with van der Waals surface area (Å²) in [5, 5.41) is 8.71. The first-order chi connectivity index (χ1) is 8.97. The number of nitrogens with one attached hydrogen (secondary N) is 2. The van der Waals surface area contributed by atoms with Crippen LogP contribution in [-0.2, 0) is 4.79 Å². The second kappa shape index (κ2) is 5.11. The van der Waals surface area contributed by atoms with Crippen LogP contribution >= 0.6 is 0 Å². The zero-order valence-corrected chi connectivity index (χ0v) is 10.7. The van der Waals surface area contributed by atoms with Crippen LogP contribution in [0.3, 0.4) is 0 Å². The number of rotatable bonds is 4. The standard InChI is InChI=1S/C13H15N3O3/c1-16(2)11(5-6-12(17)18)8-3-4-9-10(7-8)15-13(19)14-9/h3-7,11H,1-2H3,(H,17,18)(H2,14,15,19)/b6-5+. The number of hydrogen-bond donors (Lipinski definition) is 3. The first kappa shape index (κ1) is 13.1. The smallest absolute Gasteiger partial charge is 0.328 e. The van der Waals surface area contributed by atoms with Gasteiger partial charge in [0.2, 0.25) is 0 Å². The Morgan fingerprint density at radius 2 is 2.00 bits per heavy atom. The molecule has 0 saturated carbocycles. The molecule has 0 aliphatic heterocycles. The monoisotopic (exact) mass is 261 g/mol. The van der Waals surface area contributed by atoms with Crippen LogP contribution in [0, 0.1) is 0 Å². The Morgan fingerprint density at radius 1 is 1.32 bits per heavy atom. The van der Waals surface area contributed by atoms with E-state index in [0.29, 0.717) is 5.52 Å². The predicted octanol–water partition coefficient (Wildman–Crippen LogP) is 1.10. The maximum Gasteiger partial charge on any atom is 0.328 e. The van der Waals surface area contributed by atoms with E-state index in [1.54, 1.807) is 12.1 Å². The number of nitrogens with zero attached hydrogens (tertiary/aromatic N) is 1. The maximum atomic E-state index is 11.2. The van der Waals surface area contributed by atoms with Gasteiger partial charge in [-0.25, -0.2) is 9.59 Å². The van der Waals surface area contributed by atoms with Crippen LogP contribution in [-0.4, -0.2) is 40.0 Å². The van der Waals surface area contributed by atoms with Crippen molar-refractivity contribution in [1.29, 1.82) is 0 Å². The van der Waals surface area contributed by atoms with Gasteiger partial charge < -0.3 is 15.1 Å². The minimum atomic E-state index is -0.983. The lowest BCUT2D eigenvalue weighted by atomic mass is 10.0. The highest BCUT2D eigenvalue weighted by Crippen LogP contribution is 2.22. The van der Waals surface area contributed by atoms with Gasteiger partial charge in [-0.2, -0.15) is 0 Å². The number of carbonyl (C=O) groups is 1. The lowest BCUT2D eigenvalue weighted by molar-refractivity contribution is -0.131. The fourth-order valence-electron chi connectivity index (χ4n) is 1.99. The van der Waals surface area contributed by atoms with Crippen molar-refractivity contribution in [3.63, 3.8) is 0 Å². The minimum absolute atomic E-state index is 0.168. The first-order valence-corrected chi connectivity index (χ1v) is 5.77. The lowest BCUT2D eigenvalue weighted by Crippen LogP contribution is -2.18. The van der Waals surface area contributed by atoms with Crippen molar-refractivity contribution in [2.45, 2.75) is 6.04 Å². The minimum Gasteiger partial charge on any atom is -0.478 e. The number of aromatic amines is 2. The van der Waals surface area contributed by atoms with Gasteiger partial charge >= 0.3 is 11.7 Å². The Balaban J connectivity index is 2.43. The largest absolute Gasteiger partial charge is 0.478 e. The van der Waals surface area contributed by atoms with E-state index in [1.165, 1.54) is 0 Å². The number of imidazole rings is 1. The number of aromatic nitrogens is 2. The van der Waals surface area contributed by atoms with Crippen LogP contribution in [0.1, 0.15) is 11.6 Å². The molecule has 100 valence electrons. The molecule has 1 unspecified atom stereocenters. The topological polar surface area (TPSA) is 89.2 Å². The Hall–Kier alpha value is -2.34. The molecule has 0 bridgehead atoms. The summed E-state index contributed by atoms with van der Waals surface area (Å²) in [5.41, 5.74) is 2.09. The van der Waals surface area contributed by atoms with E-state index >= 15 is 0 Å². The molecule has 0 spiro atoms. The highest BCUT2D eigenvalue weighted by molar-refractivity contribution is 5.80. The Kier molecular flexibility index (Phi) is 3.52. The molecule has 1 heterocycles. The van der Waals surface area contributed by atoms with E-state index in [0.717, 1.165) is 17.2 Å². The van der Waals surface area contributed by atoms with Gasteiger partial charge in [-0.15, -0.1) is 0 Å². The summed E-state index contributed by atoms with van der Waals surface area (Å²) in [6, 6.07) is 5.33. The molecule has 1 aromatic carbocycles. The number of carboxylic acid groups (broad SMARTS) is 1. The van der Waals surface area contributed by atoms with E-state index in [9.17, 15) is 9.59 Å². The number of carboxylic acids is 1. The molecule has 0 saturated heterocycles. The van der Waals surface area contributed by atoms with Crippen LogP contribution in [0.15, 0.2) is 35.1 Å². The average Bonchev–Trinajstić information content (AvgIpc) is 2.67. The quantitative estimate of drug-likeness (QED) is 0.719. The summed E-state index contributed by atoms with van der Waals surface area (Å²) in [7, 11) is 3.72. The van der Waals surface area contributed by atoms with Gasteiger partial charge in [-0.1, -0.05) is 12.1 Å². The van der Waals surface area contributed by atoms with Crippen molar-refractivity contribution in [1.82, 2.24) is 14.9 Å². The van der Waals surface area contributed by atoms with Gasteiger partial charge in [0.1, 0.15) is 0 Å². The molecule has 0 aliphatic carbocycles. The number of H-pyrrole nitrogens is 2. The van der Waals surface area contributed by atoms with Crippen molar-refractivity contribution < 1.29 is 9.90 Å². The van der Waals surface area contributed by atoms with Gasteiger partial charge in [0.05, 0.1) is 17.1 Å². The summed E-state index contributed by atoms with van der Waals surface area (Å²) < 4.78 is 0. The third kappa shape index (κ3) is 2.92. The van der Waals surface area contributed by atoms with Crippen molar-refractivity contribution in [2.75, 3.05) is 14.1 Å². The van der Waals surface area contributed by atoms with Crippen LogP contribution in [0.2, 0.25) is 0 Å². The number of likely N-dealkylation sites (N-methyl/N-ethyl adjacent to an activating group) is 1. The van der Waals surface area contributed by atoms with Crippen LogP contribution in [0.25, 0.3) is 11.0 Å². The van der Waals surface area contributed by atoms with Gasteiger partial charge in [0.25, 0.3) is 0 Å². The molecule has 3 N–H and O–H groups in total. The number of fused-ring (bicyclic) bond motifs is 1. The summed E-state index contributed by atoms with van der Waals surface area (Å²) in [5.74, 6) is -0.983. The number of aliphatic carboxylic acids is 1. The molecule has 6 nitrogen and oxygen atoms in total. The fourth-order valence-corrected chi connectivity index (χ4v) is 1.99. The molecule has 2 aromatic rings. The van der Waals surface area contributed by atoms with Gasteiger partial charge in [0, 0.05) is 6.08 Å². The van der Waals surface area contributed by atoms with Crippen LogP contribution in [0.5, 0.6) is 0 Å². The SMILES string of the molecule is CN(C)C(/C=C/C(=O)O)c1ccc2[nH]c(=O)[nH]c2c1. The highest BCUT2D eigenvalue weighted by Gasteiger charge is 2.12. The third-order valence-corrected chi connectivity index (χ3v) is 2.86. The lowest BCUT2D eigenvalue weighted by Gasteiger charge is -2.21. The summed E-state index contributed by atoms with van der Waals surface area (Å²) in [4.78, 5) is 29.1. The Labute approximate surface area is 109 Å². The average molecular weight is 261 g/mol. The summed E-state index contributed by atoms with van der Waals surface area (Å²) in [6.45, 7) is 0. The fraction of sp³-hybridized carbons (Fsp3) is 0.231. The molecule has 0 amide bonds. The molecule has 0 fully saturated rings. The summed E-state index contributed by atoms with van der Waals surface area (Å²) in [6.07, 6.45) is 2.73. The number of benzene rings is 1. The molecule has 0 radical (unpaired) electrons. The Morgan fingerprint density at radius 3 is 2.63 bits per heavy atom. The highest BCUT2D eigenvalue weighted by atomic mass is 16.4. The van der Waals surface area contributed by atoms with E-state index < -0.39 is 5.97 Å². The van der Waals surface area contributed by atoms with Gasteiger partial charge in [-0.05, 0) is 31.8 Å². The summed E-state index contributed by atoms with van der Waals surface area (Å²) >= 11 is 0. The molecule has 0 aliphatic rings. The van der Waals surface area contributed by atoms with Crippen molar-refractivity contribution in [3.05, 3.63) is 46.4 Å². The molecule has 19 heavy (non-hydrogen) atoms. The van der Waals surface area contributed by atoms with Crippen molar-refractivity contribution >= 4 is 17.0 Å². The van der Waals surface area contributed by atoms with E-state index in [-0.39, 0.29) is 11.7 Å². The van der Waals surface area contributed by atoms with Crippen molar-refractivity contribution in [2.24, 2.45) is 0 Å². The van der Waals surface area contributed by atoms with E-state index in [1.807, 2.05) is 31.1 Å². The normalized spacial score (nSPS) is 13.4. The van der Waals surface area contributed by atoms with Gasteiger partial charge in [-0.3, -0.25) is 4.90 Å². The van der Waals surface area contributed by atoms with Crippen LogP contribution < -0.4 is 5.69 Å². The predicted molar refractivity (Wildman–Crippen MR) is 72.1 cm³/mol. The zero-order valence-electron chi connectivity index (χ0n) is 10.7. The number of hydrogen-bond acceptors (Lipinski definition) is 3. The Bertz CT molecular complexity index is 682. The van der Waals surface area contributed by atoms with E-state index in [2.05, 4.69) is 9.97 Å². The maximum absolute atomic E-state index is 11.2. The zero-order chi connectivity index (χ0) is 14.0. The molecule has 2 rings (SSSR count). The third-order valence-electron chi connectivity index (χ3n) is 2.86. The molecule has 1 aromatic heterocycles. The molecular weight excluding hydrogens is 246 g/mol. The second-order valence-electron chi connectivity index (χ2n) is 4.49. The first-order valence-electron chi connectivity index (χ1n) is 5.77. The molecule has 6 heteroatoms. The van der Waals surface area contributed by atoms with Crippen molar-refractivity contribution in [3.8, 4) is 0 Å². The van der Waals surface area contributed by atoms with E-state index in [4.69, 9.17) is 5.11 Å². The second-order valence-corrected chi connectivity index (χ2v) is 4.49. The van der Waals surface area contributed by atoms with Gasteiger partial charge in [0.15, 0.2) is 0 Å². The molecule has 1 atom stereocenters.